The Hall–Kier alpha value is -1.63. The summed E-state index contributed by atoms with van der Waals surface area (Å²) >= 11 is 0. The van der Waals surface area contributed by atoms with E-state index in [0.717, 1.165) is 18.4 Å². The van der Waals surface area contributed by atoms with Gasteiger partial charge in [0, 0.05) is 17.7 Å². The zero-order chi connectivity index (χ0) is 13.4. The minimum absolute atomic E-state index is 0.236. The van der Waals surface area contributed by atoms with Gasteiger partial charge >= 0.3 is 11.9 Å². The highest BCUT2D eigenvalue weighted by atomic mass is 32.2. The molecular formula is C10H12O6S. The molecule has 7 heteroatoms. The molecular weight excluding hydrogens is 248 g/mol. The van der Waals surface area contributed by atoms with Crippen LogP contribution >= 0.6 is 0 Å². The quantitative estimate of drug-likeness (QED) is 0.743. The van der Waals surface area contributed by atoms with E-state index in [0.29, 0.717) is 0 Å². The van der Waals surface area contributed by atoms with E-state index in [1.807, 2.05) is 0 Å². The zero-order valence-corrected chi connectivity index (χ0v) is 10.1. The average Bonchev–Trinajstić information content (AvgIpc) is 2.14. The van der Waals surface area contributed by atoms with Crippen LogP contribution in [0.15, 0.2) is 23.8 Å². The van der Waals surface area contributed by atoms with Crippen LogP contribution in [0.3, 0.4) is 0 Å². The molecule has 6 nitrogen and oxygen atoms in total. The van der Waals surface area contributed by atoms with E-state index in [4.69, 9.17) is 10.2 Å². The van der Waals surface area contributed by atoms with Gasteiger partial charge in [0.2, 0.25) is 0 Å². The van der Waals surface area contributed by atoms with Crippen molar-refractivity contribution in [1.82, 2.24) is 0 Å². The van der Waals surface area contributed by atoms with Gasteiger partial charge < -0.3 is 10.2 Å². The molecule has 0 heterocycles. The number of carbonyl (C=O) groups is 2. The molecule has 0 aromatic rings. The monoisotopic (exact) mass is 260 g/mol. The van der Waals surface area contributed by atoms with Crippen molar-refractivity contribution in [3.8, 4) is 0 Å². The highest BCUT2D eigenvalue weighted by molar-refractivity contribution is 7.93. The topological polar surface area (TPSA) is 109 Å². The smallest absolute Gasteiger partial charge is 0.331 e. The lowest BCUT2D eigenvalue weighted by Crippen LogP contribution is -2.51. The molecule has 1 aliphatic rings. The minimum Gasteiger partial charge on any atom is -0.480 e. The summed E-state index contributed by atoms with van der Waals surface area (Å²) in [7, 11) is -3.99. The van der Waals surface area contributed by atoms with Gasteiger partial charge in [0.15, 0.2) is 14.6 Å². The van der Waals surface area contributed by atoms with E-state index >= 15 is 0 Å². The second-order valence-corrected chi connectivity index (χ2v) is 6.10. The molecule has 0 saturated carbocycles. The molecule has 0 amide bonds. The predicted octanol–water partition coefficient (Wildman–Crippen LogP) is 0.0713. The van der Waals surface area contributed by atoms with Crippen LogP contribution in [0.25, 0.3) is 0 Å². The van der Waals surface area contributed by atoms with Gasteiger partial charge in [-0.15, -0.1) is 0 Å². The molecule has 2 N–H and O–H groups in total. The lowest BCUT2D eigenvalue weighted by Gasteiger charge is -2.32. The van der Waals surface area contributed by atoms with Gasteiger partial charge in [0.05, 0.1) is 0 Å². The van der Waals surface area contributed by atoms with Crippen LogP contribution in [0.1, 0.15) is 6.92 Å². The molecule has 94 valence electrons. The number of allylic oxidation sites excluding steroid dienone is 2. The second-order valence-electron chi connectivity index (χ2n) is 3.88. The van der Waals surface area contributed by atoms with E-state index in [9.17, 15) is 18.0 Å². The van der Waals surface area contributed by atoms with E-state index < -0.39 is 32.4 Å². The fourth-order valence-electron chi connectivity index (χ4n) is 1.93. The largest absolute Gasteiger partial charge is 0.480 e. The Kier molecular flexibility index (Phi) is 3.15. The number of hydrogen-bond donors (Lipinski definition) is 2. The van der Waals surface area contributed by atoms with Crippen LogP contribution in [0.2, 0.25) is 0 Å². The van der Waals surface area contributed by atoms with Crippen molar-refractivity contribution in [2.75, 3.05) is 6.26 Å². The highest BCUT2D eigenvalue weighted by Crippen LogP contribution is 2.36. The van der Waals surface area contributed by atoms with Gasteiger partial charge in [0.1, 0.15) is 0 Å². The summed E-state index contributed by atoms with van der Waals surface area (Å²) in [6.45, 7) is 1.28. The number of hydrogen-bond acceptors (Lipinski definition) is 4. The lowest BCUT2D eigenvalue weighted by molar-refractivity contribution is -0.140. The molecule has 0 aromatic carbocycles. The number of aliphatic carboxylic acids is 2. The van der Waals surface area contributed by atoms with Gasteiger partial charge in [-0.05, 0) is 0 Å². The molecule has 0 bridgehead atoms. The fourth-order valence-corrected chi connectivity index (χ4v) is 3.34. The van der Waals surface area contributed by atoms with Gasteiger partial charge in [-0.1, -0.05) is 25.2 Å². The Bertz CT molecular complexity index is 527. The Labute approximate surface area is 98.2 Å². The Morgan fingerprint density at radius 3 is 2.24 bits per heavy atom. The van der Waals surface area contributed by atoms with Gasteiger partial charge in [-0.2, -0.15) is 0 Å². The fraction of sp³-hybridized carbons (Fsp3) is 0.400. The first-order valence-corrected chi connectivity index (χ1v) is 6.59. The molecule has 0 saturated heterocycles. The van der Waals surface area contributed by atoms with E-state index in [2.05, 4.69) is 0 Å². The van der Waals surface area contributed by atoms with Crippen LogP contribution in [-0.2, 0) is 19.4 Å². The summed E-state index contributed by atoms with van der Waals surface area (Å²) in [4.78, 5) is 22.2. The molecule has 0 fully saturated rings. The average molecular weight is 260 g/mol. The zero-order valence-electron chi connectivity index (χ0n) is 9.25. The summed E-state index contributed by atoms with van der Waals surface area (Å²) < 4.78 is 21.1. The third kappa shape index (κ3) is 1.86. The molecule has 2 atom stereocenters. The number of carboxylic acids is 2. The Morgan fingerprint density at radius 2 is 1.88 bits per heavy atom. The van der Waals surface area contributed by atoms with Gasteiger partial charge in [0.25, 0.3) is 0 Å². The van der Waals surface area contributed by atoms with Crippen molar-refractivity contribution < 1.29 is 28.2 Å². The van der Waals surface area contributed by atoms with E-state index in [1.54, 1.807) is 0 Å². The first kappa shape index (κ1) is 13.4. The second kappa shape index (κ2) is 3.99. The van der Waals surface area contributed by atoms with Crippen molar-refractivity contribution in [1.29, 1.82) is 0 Å². The first-order chi connectivity index (χ1) is 7.64. The third-order valence-electron chi connectivity index (χ3n) is 2.92. The normalized spacial score (nSPS) is 28.6. The lowest BCUT2D eigenvalue weighted by atomic mass is 9.82. The van der Waals surface area contributed by atoms with Crippen LogP contribution in [0.4, 0.5) is 0 Å². The van der Waals surface area contributed by atoms with Crippen molar-refractivity contribution >= 4 is 21.8 Å². The SMILES string of the molecule is CC1C(C(=O)O)=CC=CC1(C(=O)O)S(C)(=O)=O. The minimum atomic E-state index is -3.99. The summed E-state index contributed by atoms with van der Waals surface area (Å²) in [6, 6.07) is 0. The van der Waals surface area contributed by atoms with Crippen LogP contribution in [-0.4, -0.2) is 41.6 Å². The standard InChI is InChI=1S/C10H12O6S/c1-6-7(8(11)12)4-3-5-10(6,9(13)14)17(2,15)16/h3-6H,1-2H3,(H,11,12)(H,13,14). The molecule has 1 rings (SSSR count). The van der Waals surface area contributed by atoms with E-state index in [1.165, 1.54) is 13.0 Å². The number of sulfone groups is 1. The summed E-state index contributed by atoms with van der Waals surface area (Å²) in [5, 5.41) is 18.0. The maximum Gasteiger partial charge on any atom is 0.331 e. The van der Waals surface area contributed by atoms with Crippen molar-refractivity contribution in [2.45, 2.75) is 11.7 Å². The van der Waals surface area contributed by atoms with Gasteiger partial charge in [-0.3, -0.25) is 4.79 Å². The maximum atomic E-state index is 11.7. The summed E-state index contributed by atoms with van der Waals surface area (Å²) in [5.41, 5.74) is -0.236. The molecule has 17 heavy (non-hydrogen) atoms. The molecule has 0 spiro atoms. The molecule has 1 aliphatic carbocycles. The molecule has 0 radical (unpaired) electrons. The third-order valence-corrected chi connectivity index (χ3v) is 4.82. The first-order valence-electron chi connectivity index (χ1n) is 4.70. The Balaban J connectivity index is 3.50. The summed E-state index contributed by atoms with van der Waals surface area (Å²) in [6.07, 6.45) is 4.16. The van der Waals surface area contributed by atoms with Crippen molar-refractivity contribution in [2.24, 2.45) is 5.92 Å². The number of rotatable bonds is 3. The number of carboxylic acid groups (broad SMARTS) is 2. The van der Waals surface area contributed by atoms with Crippen LogP contribution in [0.5, 0.6) is 0 Å². The predicted molar refractivity (Wildman–Crippen MR) is 59.2 cm³/mol. The van der Waals surface area contributed by atoms with Crippen LogP contribution in [0, 0.1) is 5.92 Å². The molecule has 0 aliphatic heterocycles. The van der Waals surface area contributed by atoms with Crippen molar-refractivity contribution in [3.63, 3.8) is 0 Å². The Morgan fingerprint density at radius 1 is 1.35 bits per heavy atom. The summed E-state index contributed by atoms with van der Waals surface area (Å²) in [5.74, 6) is -4.05. The van der Waals surface area contributed by atoms with E-state index in [-0.39, 0.29) is 5.57 Å². The van der Waals surface area contributed by atoms with Crippen LogP contribution < -0.4 is 0 Å². The van der Waals surface area contributed by atoms with Crippen molar-refractivity contribution in [3.05, 3.63) is 23.8 Å². The molecule has 0 aromatic heterocycles. The highest BCUT2D eigenvalue weighted by Gasteiger charge is 2.54. The maximum absolute atomic E-state index is 11.7. The molecule has 2 unspecified atom stereocenters. The van der Waals surface area contributed by atoms with Gasteiger partial charge in [-0.25, -0.2) is 13.2 Å².